The fourth-order valence-corrected chi connectivity index (χ4v) is 3.48. The third-order valence-corrected chi connectivity index (χ3v) is 5.13. The van der Waals surface area contributed by atoms with Gasteiger partial charge in [-0.1, -0.05) is 72.8 Å². The van der Waals surface area contributed by atoms with E-state index < -0.39 is 0 Å². The molecule has 4 rings (SSSR count). The first-order valence-electron chi connectivity index (χ1n) is 10.1. The Hall–Kier alpha value is -2.98. The van der Waals surface area contributed by atoms with Gasteiger partial charge in [0, 0.05) is 25.7 Å². The summed E-state index contributed by atoms with van der Waals surface area (Å²) in [4.78, 5) is 2.43. The van der Waals surface area contributed by atoms with Gasteiger partial charge in [-0.05, 0) is 28.2 Å². The highest BCUT2D eigenvalue weighted by atomic mass is 16.5. The third-order valence-electron chi connectivity index (χ3n) is 5.13. The second-order valence-corrected chi connectivity index (χ2v) is 7.51. The Balaban J connectivity index is 1.29. The van der Waals surface area contributed by atoms with Crippen molar-refractivity contribution in [2.24, 2.45) is 0 Å². The van der Waals surface area contributed by atoms with E-state index in [1.165, 1.54) is 11.1 Å². The predicted molar refractivity (Wildman–Crippen MR) is 121 cm³/mol. The normalized spacial score (nSPS) is 13.9. The van der Waals surface area contributed by atoms with Crippen LogP contribution in [0.2, 0.25) is 0 Å². The standard InChI is InChI=1S/C25H26BNO2/c26-24-12-11-23(28-18-21-9-5-2-6-10-21)15-25(24)29-19-22-13-14-27(17-22)16-20-7-3-1-4-8-20/h1-13,15H,14,16-19,26H2. The van der Waals surface area contributed by atoms with Gasteiger partial charge >= 0.3 is 0 Å². The topological polar surface area (TPSA) is 21.7 Å². The zero-order valence-electron chi connectivity index (χ0n) is 16.9. The lowest BCUT2D eigenvalue weighted by atomic mass is 9.95. The quantitative estimate of drug-likeness (QED) is 0.440. The van der Waals surface area contributed by atoms with Gasteiger partial charge in [-0.2, -0.15) is 0 Å². The van der Waals surface area contributed by atoms with E-state index in [1.54, 1.807) is 0 Å². The Bertz CT molecular complexity index is 957. The van der Waals surface area contributed by atoms with Gasteiger partial charge in [-0.15, -0.1) is 0 Å². The number of nitrogens with zero attached hydrogens (tertiary/aromatic N) is 1. The summed E-state index contributed by atoms with van der Waals surface area (Å²) in [5.74, 6) is 1.72. The first-order valence-corrected chi connectivity index (χ1v) is 10.1. The highest BCUT2D eigenvalue weighted by molar-refractivity contribution is 6.34. The fraction of sp³-hybridized carbons (Fsp3) is 0.200. The van der Waals surface area contributed by atoms with Gasteiger partial charge in [-0.25, -0.2) is 0 Å². The molecule has 0 atom stereocenters. The van der Waals surface area contributed by atoms with Crippen LogP contribution in [0.1, 0.15) is 11.1 Å². The lowest BCUT2D eigenvalue weighted by molar-refractivity contribution is 0.297. The Morgan fingerprint density at radius 1 is 0.793 bits per heavy atom. The van der Waals surface area contributed by atoms with Crippen molar-refractivity contribution in [3.05, 3.63) is 102 Å². The van der Waals surface area contributed by atoms with Gasteiger partial charge in [0.05, 0.1) is 0 Å². The second-order valence-electron chi connectivity index (χ2n) is 7.51. The minimum absolute atomic E-state index is 0.558. The molecule has 1 aliphatic heterocycles. The molecule has 0 aliphatic carbocycles. The number of hydrogen-bond donors (Lipinski definition) is 0. The van der Waals surface area contributed by atoms with E-state index >= 15 is 0 Å². The lowest BCUT2D eigenvalue weighted by Crippen LogP contribution is -2.21. The summed E-state index contributed by atoms with van der Waals surface area (Å²) in [6, 6.07) is 26.9. The molecule has 0 unspecified atom stereocenters. The molecule has 1 aliphatic rings. The van der Waals surface area contributed by atoms with Gasteiger partial charge in [0.1, 0.15) is 32.6 Å². The molecule has 0 saturated carbocycles. The molecular formula is C25H26BNO2. The van der Waals surface area contributed by atoms with Gasteiger partial charge in [0.15, 0.2) is 0 Å². The zero-order valence-corrected chi connectivity index (χ0v) is 16.9. The number of hydrogen-bond acceptors (Lipinski definition) is 3. The van der Waals surface area contributed by atoms with Gasteiger partial charge < -0.3 is 9.47 Å². The van der Waals surface area contributed by atoms with Crippen molar-refractivity contribution in [2.45, 2.75) is 13.2 Å². The van der Waals surface area contributed by atoms with E-state index in [4.69, 9.17) is 9.47 Å². The van der Waals surface area contributed by atoms with Gasteiger partial charge in [0.25, 0.3) is 0 Å². The van der Waals surface area contributed by atoms with E-state index in [9.17, 15) is 0 Å². The van der Waals surface area contributed by atoms with Crippen LogP contribution in [0.5, 0.6) is 11.5 Å². The van der Waals surface area contributed by atoms with Crippen LogP contribution in [-0.2, 0) is 13.2 Å². The minimum atomic E-state index is 0.558. The molecule has 0 radical (unpaired) electrons. The smallest absolute Gasteiger partial charge is 0.144 e. The van der Waals surface area contributed by atoms with Crippen LogP contribution in [0.15, 0.2) is 90.5 Å². The van der Waals surface area contributed by atoms with Crippen LogP contribution in [0, 0.1) is 0 Å². The van der Waals surface area contributed by atoms with E-state index in [-0.39, 0.29) is 0 Å². The van der Waals surface area contributed by atoms with Crippen molar-refractivity contribution in [2.75, 3.05) is 19.7 Å². The maximum atomic E-state index is 6.14. The molecule has 3 aromatic rings. The molecule has 0 aromatic heterocycles. The largest absolute Gasteiger partial charge is 0.490 e. The Morgan fingerprint density at radius 2 is 1.52 bits per heavy atom. The highest BCUT2D eigenvalue weighted by Crippen LogP contribution is 2.20. The molecule has 4 heteroatoms. The molecule has 29 heavy (non-hydrogen) atoms. The first-order chi connectivity index (χ1) is 14.3. The summed E-state index contributed by atoms with van der Waals surface area (Å²) >= 11 is 0. The molecular weight excluding hydrogens is 357 g/mol. The Kier molecular flexibility index (Phi) is 6.33. The zero-order chi connectivity index (χ0) is 19.9. The van der Waals surface area contributed by atoms with Crippen molar-refractivity contribution in [3.8, 4) is 11.5 Å². The van der Waals surface area contributed by atoms with Crippen LogP contribution < -0.4 is 14.9 Å². The SMILES string of the molecule is Bc1ccc(OCc2ccccc2)cc1OCC1=CCN(Cc2ccccc2)C1. The molecule has 146 valence electrons. The molecule has 3 nitrogen and oxygen atoms in total. The summed E-state index contributed by atoms with van der Waals surface area (Å²) in [6.07, 6.45) is 2.29. The van der Waals surface area contributed by atoms with E-state index in [1.807, 2.05) is 30.3 Å². The van der Waals surface area contributed by atoms with Crippen LogP contribution in [0.3, 0.4) is 0 Å². The van der Waals surface area contributed by atoms with Crippen molar-refractivity contribution >= 4 is 13.3 Å². The molecule has 3 aromatic carbocycles. The predicted octanol–water partition coefficient (Wildman–Crippen LogP) is 3.35. The summed E-state index contributed by atoms with van der Waals surface area (Å²) in [5.41, 5.74) is 4.96. The number of ether oxygens (including phenoxy) is 2. The van der Waals surface area contributed by atoms with Crippen molar-refractivity contribution in [1.29, 1.82) is 0 Å². The molecule has 0 saturated heterocycles. The van der Waals surface area contributed by atoms with Crippen LogP contribution in [0.4, 0.5) is 0 Å². The third kappa shape index (κ3) is 5.52. The van der Waals surface area contributed by atoms with E-state index in [2.05, 4.69) is 67.4 Å². The van der Waals surface area contributed by atoms with Crippen LogP contribution in [0.25, 0.3) is 0 Å². The number of rotatable bonds is 8. The summed E-state index contributed by atoms with van der Waals surface area (Å²) in [7, 11) is 2.07. The Morgan fingerprint density at radius 3 is 2.28 bits per heavy atom. The maximum Gasteiger partial charge on any atom is 0.144 e. The number of benzene rings is 3. The monoisotopic (exact) mass is 383 g/mol. The average molecular weight is 383 g/mol. The lowest BCUT2D eigenvalue weighted by Gasteiger charge is -2.17. The van der Waals surface area contributed by atoms with Crippen molar-refractivity contribution in [1.82, 2.24) is 4.90 Å². The molecule has 0 spiro atoms. The van der Waals surface area contributed by atoms with Gasteiger partial charge in [0.2, 0.25) is 0 Å². The maximum absolute atomic E-state index is 6.14. The van der Waals surface area contributed by atoms with E-state index in [0.717, 1.165) is 42.2 Å². The fourth-order valence-electron chi connectivity index (χ4n) is 3.48. The summed E-state index contributed by atoms with van der Waals surface area (Å²) in [6.45, 7) is 4.09. The second kappa shape index (κ2) is 9.48. The molecule has 0 N–H and O–H groups in total. The first kappa shape index (κ1) is 19.3. The molecule has 1 heterocycles. The van der Waals surface area contributed by atoms with Crippen molar-refractivity contribution < 1.29 is 9.47 Å². The summed E-state index contributed by atoms with van der Waals surface area (Å²) < 4.78 is 12.1. The molecule has 0 bridgehead atoms. The minimum Gasteiger partial charge on any atom is -0.490 e. The average Bonchev–Trinajstić information content (AvgIpc) is 3.21. The van der Waals surface area contributed by atoms with Crippen LogP contribution in [-0.4, -0.2) is 32.4 Å². The van der Waals surface area contributed by atoms with Crippen molar-refractivity contribution in [3.63, 3.8) is 0 Å². The van der Waals surface area contributed by atoms with Gasteiger partial charge in [-0.3, -0.25) is 4.90 Å². The van der Waals surface area contributed by atoms with Crippen LogP contribution >= 0.6 is 0 Å². The molecule has 0 fully saturated rings. The van der Waals surface area contributed by atoms with E-state index in [0.29, 0.717) is 13.2 Å². The highest BCUT2D eigenvalue weighted by Gasteiger charge is 2.15. The summed E-state index contributed by atoms with van der Waals surface area (Å²) in [5, 5.41) is 0. The molecule has 0 amide bonds. The Labute approximate surface area is 174 Å².